The van der Waals surface area contributed by atoms with E-state index in [0.29, 0.717) is 12.0 Å². The van der Waals surface area contributed by atoms with Crippen LogP contribution in [-0.2, 0) is 17.6 Å². The van der Waals surface area contributed by atoms with Crippen LogP contribution in [0.1, 0.15) is 24.0 Å². The van der Waals surface area contributed by atoms with Crippen molar-refractivity contribution in [2.75, 3.05) is 6.61 Å². The minimum absolute atomic E-state index is 0.0445. The third-order valence-corrected chi connectivity index (χ3v) is 3.00. The largest absolute Gasteiger partial charge is 0.479 e. The summed E-state index contributed by atoms with van der Waals surface area (Å²) in [6.07, 6.45) is 3.42. The van der Waals surface area contributed by atoms with Crippen LogP contribution in [0.2, 0.25) is 0 Å². The molecule has 1 aliphatic carbocycles. The van der Waals surface area contributed by atoms with Gasteiger partial charge in [-0.05, 0) is 37.3 Å². The van der Waals surface area contributed by atoms with Crippen molar-refractivity contribution in [2.45, 2.75) is 25.7 Å². The number of benzene rings is 1. The maximum Gasteiger partial charge on any atom is 0.341 e. The predicted molar refractivity (Wildman–Crippen MR) is 62.9 cm³/mol. The number of hydrogen-bond donors (Lipinski definition) is 1. The second-order valence-corrected chi connectivity index (χ2v) is 4.20. The summed E-state index contributed by atoms with van der Waals surface area (Å²) in [6, 6.07) is 3.28. The van der Waals surface area contributed by atoms with Gasteiger partial charge in [-0.2, -0.15) is 0 Å². The normalized spacial score (nSPS) is 13.8. The van der Waals surface area contributed by atoms with Crippen molar-refractivity contribution in [1.82, 2.24) is 0 Å². The average molecular weight is 251 g/mol. The van der Waals surface area contributed by atoms with Gasteiger partial charge in [0, 0.05) is 5.56 Å². The summed E-state index contributed by atoms with van der Waals surface area (Å²) >= 11 is 0. The van der Waals surface area contributed by atoms with Crippen LogP contribution in [0.5, 0.6) is 5.75 Å². The summed E-state index contributed by atoms with van der Waals surface area (Å²) in [7, 11) is 0. The summed E-state index contributed by atoms with van der Waals surface area (Å²) in [5, 5.41) is 19.7. The summed E-state index contributed by atoms with van der Waals surface area (Å²) in [5.41, 5.74) is 1.58. The molecule has 0 saturated heterocycles. The molecule has 0 spiro atoms. The van der Waals surface area contributed by atoms with Crippen LogP contribution in [0.15, 0.2) is 12.1 Å². The molecule has 0 aliphatic heterocycles. The van der Waals surface area contributed by atoms with E-state index in [1.807, 2.05) is 0 Å². The lowest BCUT2D eigenvalue weighted by molar-refractivity contribution is -0.386. The van der Waals surface area contributed by atoms with Crippen molar-refractivity contribution in [3.05, 3.63) is 33.4 Å². The lowest BCUT2D eigenvalue weighted by Crippen LogP contribution is -2.13. The molecule has 0 unspecified atom stereocenters. The first kappa shape index (κ1) is 12.3. The number of nitro groups is 1. The standard InChI is InChI=1S/C12H13NO5/c14-11(15)7-18-10-6-5-8-3-1-2-4-9(8)12(10)13(16)17/h5-6H,1-4,7H2,(H,14,15). The monoisotopic (exact) mass is 251 g/mol. The average Bonchev–Trinajstić information content (AvgIpc) is 2.35. The second kappa shape index (κ2) is 5.03. The van der Waals surface area contributed by atoms with Gasteiger partial charge in [-0.3, -0.25) is 10.1 Å². The minimum Gasteiger partial charge on any atom is -0.479 e. The van der Waals surface area contributed by atoms with Gasteiger partial charge in [0.15, 0.2) is 12.4 Å². The molecule has 6 heteroatoms. The molecule has 0 atom stereocenters. The van der Waals surface area contributed by atoms with Crippen molar-refractivity contribution in [1.29, 1.82) is 0 Å². The van der Waals surface area contributed by atoms with Gasteiger partial charge in [0.25, 0.3) is 0 Å². The Labute approximate surface area is 103 Å². The number of nitrogens with zero attached hydrogens (tertiary/aromatic N) is 1. The Balaban J connectivity index is 2.40. The van der Waals surface area contributed by atoms with Gasteiger partial charge in [-0.25, -0.2) is 4.79 Å². The maximum absolute atomic E-state index is 11.1. The Morgan fingerprint density at radius 1 is 1.39 bits per heavy atom. The fraction of sp³-hybridized carbons (Fsp3) is 0.417. The van der Waals surface area contributed by atoms with Crippen LogP contribution < -0.4 is 4.74 Å². The van der Waals surface area contributed by atoms with Gasteiger partial charge in [0.2, 0.25) is 0 Å². The van der Waals surface area contributed by atoms with Crippen LogP contribution in [-0.4, -0.2) is 22.6 Å². The predicted octanol–water partition coefficient (Wildman–Crippen LogP) is 1.94. The zero-order chi connectivity index (χ0) is 13.1. The van der Waals surface area contributed by atoms with Crippen LogP contribution in [0, 0.1) is 10.1 Å². The van der Waals surface area contributed by atoms with Crippen molar-refractivity contribution in [3.63, 3.8) is 0 Å². The number of fused-ring (bicyclic) bond motifs is 1. The van der Waals surface area contributed by atoms with E-state index in [2.05, 4.69) is 0 Å². The van der Waals surface area contributed by atoms with Crippen LogP contribution in [0.4, 0.5) is 5.69 Å². The van der Waals surface area contributed by atoms with Crippen LogP contribution in [0.3, 0.4) is 0 Å². The summed E-state index contributed by atoms with van der Waals surface area (Å²) in [5.74, 6) is -1.11. The molecule has 0 fully saturated rings. The van der Waals surface area contributed by atoms with Crippen LogP contribution in [0.25, 0.3) is 0 Å². The Bertz CT molecular complexity index is 497. The van der Waals surface area contributed by atoms with Crippen molar-refractivity contribution < 1.29 is 19.6 Å². The number of carboxylic acid groups (broad SMARTS) is 1. The molecule has 1 aromatic carbocycles. The molecule has 6 nitrogen and oxygen atoms in total. The number of aryl methyl sites for hydroxylation is 1. The van der Waals surface area contributed by atoms with E-state index in [1.54, 1.807) is 6.07 Å². The number of ether oxygens (including phenoxy) is 1. The number of rotatable bonds is 4. The SMILES string of the molecule is O=C(O)COc1ccc2c(c1[N+](=O)[O-])CCCC2. The molecule has 0 aromatic heterocycles. The Morgan fingerprint density at radius 2 is 2.11 bits per heavy atom. The van der Waals surface area contributed by atoms with Gasteiger partial charge < -0.3 is 9.84 Å². The van der Waals surface area contributed by atoms with Crippen molar-refractivity contribution >= 4 is 11.7 Å². The highest BCUT2D eigenvalue weighted by atomic mass is 16.6. The fourth-order valence-corrected chi connectivity index (χ4v) is 2.24. The number of carbonyl (C=O) groups is 1. The van der Waals surface area contributed by atoms with E-state index in [1.165, 1.54) is 6.07 Å². The molecule has 0 radical (unpaired) electrons. The Hall–Kier alpha value is -2.11. The first-order chi connectivity index (χ1) is 8.59. The van der Waals surface area contributed by atoms with E-state index < -0.39 is 17.5 Å². The van der Waals surface area contributed by atoms with E-state index in [0.717, 1.165) is 24.8 Å². The van der Waals surface area contributed by atoms with Gasteiger partial charge >= 0.3 is 11.7 Å². The second-order valence-electron chi connectivity index (χ2n) is 4.20. The molecule has 0 saturated carbocycles. The van der Waals surface area contributed by atoms with Gasteiger partial charge in [-0.15, -0.1) is 0 Å². The number of aliphatic carboxylic acids is 1. The van der Waals surface area contributed by atoms with Crippen molar-refractivity contribution in [3.8, 4) is 5.75 Å². The Kier molecular flexibility index (Phi) is 3.45. The third kappa shape index (κ3) is 2.42. The summed E-state index contributed by atoms with van der Waals surface area (Å²) < 4.78 is 4.98. The molecule has 18 heavy (non-hydrogen) atoms. The molecule has 2 rings (SSSR count). The first-order valence-electron chi connectivity index (χ1n) is 5.73. The quantitative estimate of drug-likeness (QED) is 0.652. The van der Waals surface area contributed by atoms with Gasteiger partial charge in [0.05, 0.1) is 4.92 Å². The molecule has 0 bridgehead atoms. The minimum atomic E-state index is -1.15. The zero-order valence-corrected chi connectivity index (χ0v) is 9.72. The number of carboxylic acids is 1. The van der Waals surface area contributed by atoms with Gasteiger partial charge in [0.1, 0.15) is 0 Å². The molecule has 0 heterocycles. The number of nitro benzene ring substituents is 1. The third-order valence-electron chi connectivity index (χ3n) is 3.00. The lowest BCUT2D eigenvalue weighted by atomic mass is 9.90. The van der Waals surface area contributed by atoms with E-state index >= 15 is 0 Å². The molecule has 1 aromatic rings. The molecular weight excluding hydrogens is 238 g/mol. The number of hydrogen-bond acceptors (Lipinski definition) is 4. The van der Waals surface area contributed by atoms with E-state index in [-0.39, 0.29) is 11.4 Å². The highest BCUT2D eigenvalue weighted by Crippen LogP contribution is 2.37. The molecule has 0 amide bonds. The summed E-state index contributed by atoms with van der Waals surface area (Å²) in [6.45, 7) is -0.570. The topological polar surface area (TPSA) is 89.7 Å². The highest BCUT2D eigenvalue weighted by molar-refractivity contribution is 5.69. The van der Waals surface area contributed by atoms with Crippen LogP contribution >= 0.6 is 0 Å². The lowest BCUT2D eigenvalue weighted by Gasteiger charge is -2.17. The zero-order valence-electron chi connectivity index (χ0n) is 9.72. The first-order valence-corrected chi connectivity index (χ1v) is 5.73. The maximum atomic E-state index is 11.1. The van der Waals surface area contributed by atoms with E-state index in [4.69, 9.17) is 9.84 Å². The molecular formula is C12H13NO5. The highest BCUT2D eigenvalue weighted by Gasteiger charge is 2.26. The smallest absolute Gasteiger partial charge is 0.341 e. The Morgan fingerprint density at radius 3 is 2.78 bits per heavy atom. The molecule has 96 valence electrons. The van der Waals surface area contributed by atoms with Crippen molar-refractivity contribution in [2.24, 2.45) is 0 Å². The fourth-order valence-electron chi connectivity index (χ4n) is 2.24. The van der Waals surface area contributed by atoms with Gasteiger partial charge in [-0.1, -0.05) is 6.07 Å². The van der Waals surface area contributed by atoms with E-state index in [9.17, 15) is 14.9 Å². The summed E-state index contributed by atoms with van der Waals surface area (Å²) in [4.78, 5) is 21.1. The molecule has 1 N–H and O–H groups in total. The molecule has 1 aliphatic rings.